The molecule has 0 fully saturated rings. The van der Waals surface area contributed by atoms with Crippen molar-refractivity contribution in [1.29, 1.82) is 0 Å². The SMILES string of the molecule is [B]c1cc(C(C#CC#CC(c2cccc(NCC)c2)(c2ccc(C)c([B])c2)c2ccc(C)c([B])c2)(c2cccc(NCC)c2)c2ccc(C)c([B])c2)ccc1C.[B]c1cccc(C(c2cccc([B])c2)(c2cccc(CC)c2)C(c2cccc([B])c2)(c2cccc([B])c2)c2cccc(CC)c2)c1. The van der Waals surface area contributed by atoms with Gasteiger partial charge in [-0.1, -0.05) is 334 Å². The summed E-state index contributed by atoms with van der Waals surface area (Å²) in [6, 6.07) is 92.4. The maximum absolute atomic E-state index is 6.69. The molecule has 12 rings (SSSR count). The van der Waals surface area contributed by atoms with E-state index in [-0.39, 0.29) is 0 Å². The molecule has 0 unspecified atom stereocenters. The van der Waals surface area contributed by atoms with E-state index in [1.165, 1.54) is 11.1 Å². The van der Waals surface area contributed by atoms with Gasteiger partial charge in [-0.15, -0.1) is 0 Å². The molecule has 0 saturated carbocycles. The number of benzene rings is 12. The Morgan fingerprint density at radius 2 is 0.510 bits per heavy atom. The van der Waals surface area contributed by atoms with Crippen LogP contribution in [0.3, 0.4) is 0 Å². The van der Waals surface area contributed by atoms with Crippen LogP contribution in [-0.2, 0) is 34.5 Å². The number of anilines is 2. The van der Waals surface area contributed by atoms with E-state index in [0.717, 1.165) is 126 Å². The van der Waals surface area contributed by atoms with Crippen molar-refractivity contribution in [2.24, 2.45) is 0 Å². The first kappa shape index (κ1) is 73.1. The van der Waals surface area contributed by atoms with Gasteiger partial charge in [0.25, 0.3) is 0 Å². The second-order valence-electron chi connectivity index (χ2n) is 26.6. The molecule has 0 aliphatic carbocycles. The van der Waals surface area contributed by atoms with Crippen molar-refractivity contribution in [1.82, 2.24) is 0 Å². The lowest BCUT2D eigenvalue weighted by molar-refractivity contribution is 0.420. The third kappa shape index (κ3) is 14.4. The van der Waals surface area contributed by atoms with E-state index >= 15 is 0 Å². The molecule has 10 heteroatoms. The van der Waals surface area contributed by atoms with Gasteiger partial charge in [0.1, 0.15) is 73.6 Å². The van der Waals surface area contributed by atoms with Crippen LogP contribution in [0.15, 0.2) is 267 Å². The van der Waals surface area contributed by atoms with Crippen LogP contribution in [-0.4, -0.2) is 75.9 Å². The largest absolute Gasteiger partial charge is 0.385 e. The molecule has 16 radical (unpaired) electrons. The molecule has 2 N–H and O–H groups in total. The van der Waals surface area contributed by atoms with Crippen LogP contribution in [0.1, 0.15) is 128 Å². The topological polar surface area (TPSA) is 24.1 Å². The second-order valence-corrected chi connectivity index (χ2v) is 26.6. The van der Waals surface area contributed by atoms with Crippen molar-refractivity contribution in [3.8, 4) is 23.7 Å². The Labute approximate surface area is 618 Å². The van der Waals surface area contributed by atoms with E-state index in [9.17, 15) is 0 Å². The lowest BCUT2D eigenvalue weighted by atomic mass is 9.46. The van der Waals surface area contributed by atoms with E-state index in [1.54, 1.807) is 0 Å². The molecule has 0 spiro atoms. The van der Waals surface area contributed by atoms with Gasteiger partial charge in [0.15, 0.2) is 0 Å². The van der Waals surface area contributed by atoms with Gasteiger partial charge in [-0.05, 0) is 168 Å². The summed E-state index contributed by atoms with van der Waals surface area (Å²) in [6.45, 7) is 18.1. The van der Waals surface area contributed by atoms with Crippen LogP contribution < -0.4 is 54.3 Å². The Hall–Kier alpha value is -10.1. The van der Waals surface area contributed by atoms with Crippen LogP contribution in [0.4, 0.5) is 11.4 Å². The Kier molecular flexibility index (Phi) is 22.8. The van der Waals surface area contributed by atoms with Gasteiger partial charge < -0.3 is 10.6 Å². The van der Waals surface area contributed by atoms with E-state index in [0.29, 0.717) is 43.7 Å². The average molecular weight is 1300 g/mol. The second kappa shape index (κ2) is 31.8. The lowest BCUT2D eigenvalue weighted by Gasteiger charge is -2.54. The first-order valence-corrected chi connectivity index (χ1v) is 35.1. The summed E-state index contributed by atoms with van der Waals surface area (Å²) in [7, 11) is 53.3. The number of nitrogens with one attached hydrogen (secondary N) is 2. The highest BCUT2D eigenvalue weighted by Crippen LogP contribution is 2.60. The van der Waals surface area contributed by atoms with Crippen LogP contribution in [0.5, 0.6) is 0 Å². The fraction of sp³-hybridized carbons (Fsp3) is 0.174. The Morgan fingerprint density at radius 1 is 0.265 bits per heavy atom. The van der Waals surface area contributed by atoms with Crippen molar-refractivity contribution in [3.63, 3.8) is 0 Å². The maximum Gasteiger partial charge on any atom is 0.114 e. The normalized spacial score (nSPS) is 11.5. The minimum Gasteiger partial charge on any atom is -0.385 e. The zero-order chi connectivity index (χ0) is 72.3. The van der Waals surface area contributed by atoms with Crippen molar-refractivity contribution >= 4 is 118 Å². The summed E-state index contributed by atoms with van der Waals surface area (Å²) in [5.74, 6) is 14.3. The molecule has 0 atom stereocenters. The molecule has 0 aliphatic rings. The van der Waals surface area contributed by atoms with Gasteiger partial charge in [-0.3, -0.25) is 0 Å². The molecule has 0 heterocycles. The fourth-order valence-corrected chi connectivity index (χ4v) is 14.7. The molecule has 0 saturated heterocycles. The number of rotatable bonds is 19. The van der Waals surface area contributed by atoms with Crippen molar-refractivity contribution in [3.05, 3.63) is 367 Å². The molecule has 0 amide bonds. The lowest BCUT2D eigenvalue weighted by Crippen LogP contribution is -2.53. The smallest absolute Gasteiger partial charge is 0.114 e. The molecular weight excluding hydrogens is 1220 g/mol. The van der Waals surface area contributed by atoms with Crippen LogP contribution in [0, 0.1) is 51.4 Å². The zero-order valence-corrected chi connectivity index (χ0v) is 59.9. The van der Waals surface area contributed by atoms with Gasteiger partial charge in [-0.25, -0.2) is 0 Å². The van der Waals surface area contributed by atoms with Crippen molar-refractivity contribution in [2.75, 3.05) is 23.7 Å². The van der Waals surface area contributed by atoms with Crippen LogP contribution >= 0.6 is 0 Å². The van der Waals surface area contributed by atoms with Crippen molar-refractivity contribution < 1.29 is 0 Å². The predicted molar refractivity (Wildman–Crippen MR) is 442 cm³/mol. The maximum atomic E-state index is 6.69. The number of hydrogen-bond donors (Lipinski definition) is 2. The molecule has 0 bridgehead atoms. The van der Waals surface area contributed by atoms with Gasteiger partial charge >= 0.3 is 0 Å². The molecule has 480 valence electrons. The first-order chi connectivity index (χ1) is 49.2. The summed E-state index contributed by atoms with van der Waals surface area (Å²) >= 11 is 0. The third-order valence-electron chi connectivity index (χ3n) is 20.1. The number of aryl methyl sites for hydroxylation is 6. The van der Waals surface area contributed by atoms with E-state index in [1.807, 2.05) is 125 Å². The molecule has 2 nitrogen and oxygen atoms in total. The molecular formula is C92H78B8N2. The monoisotopic (exact) mass is 1300 g/mol. The Bertz CT molecular complexity index is 4650. The van der Waals surface area contributed by atoms with Crippen molar-refractivity contribution in [2.45, 2.75) is 89.9 Å². The minimum absolute atomic E-state index is 0.675. The van der Waals surface area contributed by atoms with Gasteiger partial charge in [0.2, 0.25) is 0 Å². The molecule has 12 aromatic carbocycles. The summed E-state index contributed by atoms with van der Waals surface area (Å²) in [5, 5.41) is 6.97. The van der Waals surface area contributed by atoms with E-state index in [4.69, 9.17) is 62.8 Å². The first-order valence-electron chi connectivity index (χ1n) is 35.1. The van der Waals surface area contributed by atoms with Gasteiger partial charge in [0.05, 0.1) is 10.8 Å². The average Bonchev–Trinajstić information content (AvgIpc) is 0.680. The summed E-state index contributed by atoms with van der Waals surface area (Å²) in [5.41, 5.74) is 21.8. The highest BCUT2D eigenvalue weighted by Gasteiger charge is 2.58. The summed E-state index contributed by atoms with van der Waals surface area (Å²) < 4.78 is 0. The Balaban J connectivity index is 0.000000209. The Morgan fingerprint density at radius 3 is 0.765 bits per heavy atom. The summed E-state index contributed by atoms with van der Waals surface area (Å²) in [6.07, 6.45) is 1.76. The molecule has 12 aromatic rings. The minimum atomic E-state index is -1.00. The summed E-state index contributed by atoms with van der Waals surface area (Å²) in [4.78, 5) is 0. The number of hydrogen-bond acceptors (Lipinski definition) is 2. The van der Waals surface area contributed by atoms with Gasteiger partial charge in [-0.2, -0.15) is 0 Å². The molecule has 0 aliphatic heterocycles. The predicted octanol–water partition coefficient (Wildman–Crippen LogP) is 11.7. The molecule has 0 aromatic heterocycles. The third-order valence-corrected chi connectivity index (χ3v) is 20.1. The quantitative estimate of drug-likeness (QED) is 0.0479. The highest BCUT2D eigenvalue weighted by atomic mass is 14.9. The fourth-order valence-electron chi connectivity index (χ4n) is 14.7. The zero-order valence-electron chi connectivity index (χ0n) is 59.9. The van der Waals surface area contributed by atoms with E-state index in [2.05, 4.69) is 232 Å². The highest BCUT2D eigenvalue weighted by molar-refractivity contribution is 6.35. The standard InChI is InChI=1S/C50H44B4N2.C42H34B4/c1-7-55-43-15-11-13-37(27-43)49(39-21-17-33(3)45(51)29-39,40-22-18-34(4)46(52)30-40)25-9-10-26-50(41-23-19-35(5)47(53)31-41,42-24-20-36(6)48(54)32-42)38-14-12-16-44(28-38)56-8-2;1-3-29-11-5-13-31(23-29)41(33-15-7-19-37(43)25-33,34-16-8-20-38(44)26-34)42(35-17-9-21-39(45)27-35,36-18-10-22-40(46)28-36)32-14-6-12-30(4-2)24-32/h11-24,27-32,55-56H,7-8H2,1-6H3;5-28H,3-4H2,1-2H3. The van der Waals surface area contributed by atoms with Crippen LogP contribution in [0.25, 0.3) is 0 Å². The molecule has 102 heavy (non-hydrogen) atoms. The van der Waals surface area contributed by atoms with E-state index < -0.39 is 21.7 Å². The van der Waals surface area contributed by atoms with Crippen LogP contribution in [0.2, 0.25) is 0 Å². The van der Waals surface area contributed by atoms with Gasteiger partial charge in [0, 0.05) is 24.5 Å².